The van der Waals surface area contributed by atoms with Crippen LogP contribution in [0.15, 0.2) is 18.2 Å². The summed E-state index contributed by atoms with van der Waals surface area (Å²) in [4.78, 5) is 7.65. The summed E-state index contributed by atoms with van der Waals surface area (Å²) in [5, 5.41) is 12.7. The van der Waals surface area contributed by atoms with Crippen molar-refractivity contribution in [3.63, 3.8) is 0 Å². The van der Waals surface area contributed by atoms with E-state index in [9.17, 15) is 5.11 Å². The fourth-order valence-electron chi connectivity index (χ4n) is 1.68. The number of benzene rings is 1. The molecule has 2 aromatic rings. The standard InChI is InChI=1S/C12H17N3O/c1-2-6-13-7-5-12-14-10-4-3-9(16)8-11(10)15-12/h3-4,8,13,16H,2,5-7H2,1H3,(H,14,15). The van der Waals surface area contributed by atoms with Crippen LogP contribution in [0.4, 0.5) is 0 Å². The average molecular weight is 219 g/mol. The highest BCUT2D eigenvalue weighted by Gasteiger charge is 2.02. The average Bonchev–Trinajstić information content (AvgIpc) is 2.66. The summed E-state index contributed by atoms with van der Waals surface area (Å²) in [6, 6.07) is 5.18. The second-order valence-electron chi connectivity index (χ2n) is 3.88. The Morgan fingerprint density at radius 1 is 1.38 bits per heavy atom. The van der Waals surface area contributed by atoms with Crippen molar-refractivity contribution in [2.45, 2.75) is 19.8 Å². The zero-order valence-corrected chi connectivity index (χ0v) is 9.45. The Labute approximate surface area is 94.7 Å². The Morgan fingerprint density at radius 2 is 2.25 bits per heavy atom. The molecule has 4 heteroatoms. The van der Waals surface area contributed by atoms with Crippen molar-refractivity contribution >= 4 is 11.0 Å². The van der Waals surface area contributed by atoms with Gasteiger partial charge in [-0.2, -0.15) is 0 Å². The van der Waals surface area contributed by atoms with Crippen molar-refractivity contribution in [3.05, 3.63) is 24.0 Å². The fraction of sp³-hybridized carbons (Fsp3) is 0.417. The molecule has 0 radical (unpaired) electrons. The fourth-order valence-corrected chi connectivity index (χ4v) is 1.68. The Bertz CT molecular complexity index is 464. The zero-order chi connectivity index (χ0) is 11.4. The molecule has 0 saturated heterocycles. The molecule has 0 atom stereocenters. The molecular formula is C12H17N3O. The highest BCUT2D eigenvalue weighted by atomic mass is 16.3. The number of nitrogens with zero attached hydrogens (tertiary/aromatic N) is 1. The maximum absolute atomic E-state index is 9.33. The van der Waals surface area contributed by atoms with Gasteiger partial charge in [-0.3, -0.25) is 0 Å². The third-order valence-corrected chi connectivity index (χ3v) is 2.48. The van der Waals surface area contributed by atoms with Crippen LogP contribution in [0.1, 0.15) is 19.2 Å². The number of hydrogen-bond acceptors (Lipinski definition) is 3. The number of aromatic nitrogens is 2. The van der Waals surface area contributed by atoms with E-state index in [-0.39, 0.29) is 5.75 Å². The molecule has 1 aromatic carbocycles. The summed E-state index contributed by atoms with van der Waals surface area (Å²) in [7, 11) is 0. The monoisotopic (exact) mass is 219 g/mol. The number of rotatable bonds is 5. The number of nitrogens with one attached hydrogen (secondary N) is 2. The largest absolute Gasteiger partial charge is 0.508 e. The van der Waals surface area contributed by atoms with Crippen molar-refractivity contribution in [3.8, 4) is 5.75 Å². The maximum Gasteiger partial charge on any atom is 0.117 e. The minimum absolute atomic E-state index is 0.270. The second-order valence-corrected chi connectivity index (χ2v) is 3.88. The quantitative estimate of drug-likeness (QED) is 0.672. The normalized spacial score (nSPS) is 11.1. The first-order valence-corrected chi connectivity index (χ1v) is 5.68. The lowest BCUT2D eigenvalue weighted by molar-refractivity contribution is 0.476. The smallest absolute Gasteiger partial charge is 0.117 e. The van der Waals surface area contributed by atoms with Gasteiger partial charge in [0.15, 0.2) is 0 Å². The van der Waals surface area contributed by atoms with Gasteiger partial charge in [0.1, 0.15) is 11.6 Å². The molecule has 0 unspecified atom stereocenters. The van der Waals surface area contributed by atoms with E-state index in [1.165, 1.54) is 0 Å². The lowest BCUT2D eigenvalue weighted by atomic mass is 10.3. The second kappa shape index (κ2) is 4.99. The van der Waals surface area contributed by atoms with Gasteiger partial charge in [-0.1, -0.05) is 6.92 Å². The number of phenols is 1. The molecule has 1 heterocycles. The highest BCUT2D eigenvalue weighted by Crippen LogP contribution is 2.17. The summed E-state index contributed by atoms with van der Waals surface area (Å²) in [5.41, 5.74) is 1.80. The number of phenolic OH excluding ortho intramolecular Hbond substituents is 1. The van der Waals surface area contributed by atoms with Crippen LogP contribution in [-0.2, 0) is 6.42 Å². The highest BCUT2D eigenvalue weighted by molar-refractivity contribution is 5.76. The van der Waals surface area contributed by atoms with Crippen LogP contribution in [0.3, 0.4) is 0 Å². The SMILES string of the molecule is CCCNCCc1nc2ccc(O)cc2[nH]1. The van der Waals surface area contributed by atoms with Gasteiger partial charge in [0.25, 0.3) is 0 Å². The molecule has 86 valence electrons. The molecule has 0 fully saturated rings. The van der Waals surface area contributed by atoms with Gasteiger partial charge < -0.3 is 15.4 Å². The first-order valence-electron chi connectivity index (χ1n) is 5.68. The molecule has 0 aliphatic carbocycles. The van der Waals surface area contributed by atoms with Gasteiger partial charge in [0.05, 0.1) is 11.0 Å². The number of fused-ring (bicyclic) bond motifs is 1. The predicted molar refractivity (Wildman–Crippen MR) is 64.6 cm³/mol. The Balaban J connectivity index is 2.02. The molecule has 2 rings (SSSR count). The molecule has 1 aromatic heterocycles. The third-order valence-electron chi connectivity index (χ3n) is 2.48. The van der Waals surface area contributed by atoms with Crippen LogP contribution in [0.2, 0.25) is 0 Å². The lowest BCUT2D eigenvalue weighted by Crippen LogP contribution is -2.18. The predicted octanol–water partition coefficient (Wildman–Crippen LogP) is 1.81. The number of aromatic hydroxyl groups is 1. The lowest BCUT2D eigenvalue weighted by Gasteiger charge is -1.99. The van der Waals surface area contributed by atoms with E-state index in [0.717, 1.165) is 42.8 Å². The van der Waals surface area contributed by atoms with Crippen molar-refractivity contribution in [2.24, 2.45) is 0 Å². The van der Waals surface area contributed by atoms with Crippen LogP contribution >= 0.6 is 0 Å². The molecule has 0 aliphatic rings. The van der Waals surface area contributed by atoms with E-state index < -0.39 is 0 Å². The molecule has 0 saturated carbocycles. The molecule has 0 amide bonds. The summed E-state index contributed by atoms with van der Waals surface area (Å²) in [5.74, 6) is 1.23. The van der Waals surface area contributed by atoms with Gasteiger partial charge in [-0.25, -0.2) is 4.98 Å². The van der Waals surface area contributed by atoms with E-state index in [1.807, 2.05) is 6.07 Å². The minimum atomic E-state index is 0.270. The van der Waals surface area contributed by atoms with Crippen molar-refractivity contribution in [1.82, 2.24) is 15.3 Å². The first kappa shape index (κ1) is 11.0. The minimum Gasteiger partial charge on any atom is -0.508 e. The molecule has 0 spiro atoms. The van der Waals surface area contributed by atoms with Crippen molar-refractivity contribution in [2.75, 3.05) is 13.1 Å². The van der Waals surface area contributed by atoms with Gasteiger partial charge >= 0.3 is 0 Å². The maximum atomic E-state index is 9.33. The summed E-state index contributed by atoms with van der Waals surface area (Å²) >= 11 is 0. The molecular weight excluding hydrogens is 202 g/mol. The third kappa shape index (κ3) is 2.52. The van der Waals surface area contributed by atoms with Crippen LogP contribution in [0.5, 0.6) is 5.75 Å². The molecule has 16 heavy (non-hydrogen) atoms. The molecule has 0 aliphatic heterocycles. The van der Waals surface area contributed by atoms with Gasteiger partial charge in [-0.05, 0) is 25.1 Å². The first-order chi connectivity index (χ1) is 7.79. The van der Waals surface area contributed by atoms with Crippen LogP contribution in [0.25, 0.3) is 11.0 Å². The van der Waals surface area contributed by atoms with Gasteiger partial charge in [0, 0.05) is 19.0 Å². The number of imidazole rings is 1. The van der Waals surface area contributed by atoms with E-state index in [1.54, 1.807) is 12.1 Å². The van der Waals surface area contributed by atoms with E-state index >= 15 is 0 Å². The van der Waals surface area contributed by atoms with Gasteiger partial charge in [0.2, 0.25) is 0 Å². The number of hydrogen-bond donors (Lipinski definition) is 3. The number of H-pyrrole nitrogens is 1. The van der Waals surface area contributed by atoms with E-state index in [4.69, 9.17) is 0 Å². The van der Waals surface area contributed by atoms with Crippen LogP contribution in [-0.4, -0.2) is 28.2 Å². The summed E-state index contributed by atoms with van der Waals surface area (Å²) < 4.78 is 0. The molecule has 0 bridgehead atoms. The summed E-state index contributed by atoms with van der Waals surface area (Å²) in [6.45, 7) is 4.12. The van der Waals surface area contributed by atoms with Crippen molar-refractivity contribution < 1.29 is 5.11 Å². The number of aromatic amines is 1. The zero-order valence-electron chi connectivity index (χ0n) is 9.45. The summed E-state index contributed by atoms with van der Waals surface area (Å²) in [6.07, 6.45) is 2.03. The van der Waals surface area contributed by atoms with E-state index in [0.29, 0.717) is 0 Å². The Kier molecular flexibility index (Phi) is 3.41. The Hall–Kier alpha value is -1.55. The van der Waals surface area contributed by atoms with Crippen molar-refractivity contribution in [1.29, 1.82) is 0 Å². The molecule has 4 nitrogen and oxygen atoms in total. The van der Waals surface area contributed by atoms with Crippen LogP contribution < -0.4 is 5.32 Å². The topological polar surface area (TPSA) is 60.9 Å². The van der Waals surface area contributed by atoms with Crippen LogP contribution in [0, 0.1) is 0 Å². The molecule has 3 N–H and O–H groups in total. The van der Waals surface area contributed by atoms with E-state index in [2.05, 4.69) is 22.2 Å². The van der Waals surface area contributed by atoms with Gasteiger partial charge in [-0.15, -0.1) is 0 Å². The Morgan fingerprint density at radius 3 is 3.06 bits per heavy atom.